The molecule has 3 N–H and O–H groups in total. The van der Waals surface area contributed by atoms with Gasteiger partial charge in [-0.1, -0.05) is 12.1 Å². The molecule has 0 unspecified atom stereocenters. The number of amides is 2. The number of hydrogen-bond donors (Lipinski definition) is 2. The van der Waals surface area contributed by atoms with Gasteiger partial charge in [-0.05, 0) is 54.8 Å². The summed E-state index contributed by atoms with van der Waals surface area (Å²) in [5.41, 5.74) is 7.11. The Morgan fingerprint density at radius 1 is 1.04 bits per heavy atom. The standard InChI is InChI=1S/C21H24N2O4/c1-26-18-8-6-17(7-9-18)21(10-12-27-13-11-21)14-23-20(25)16-4-2-15(3-5-16)19(22)24/h2-9H,10-14H2,1H3,(H2,22,24)(H,23,25). The summed E-state index contributed by atoms with van der Waals surface area (Å²) >= 11 is 0. The van der Waals surface area contributed by atoms with Crippen molar-refractivity contribution in [3.8, 4) is 5.75 Å². The highest BCUT2D eigenvalue weighted by Crippen LogP contribution is 2.35. The van der Waals surface area contributed by atoms with E-state index in [1.54, 1.807) is 31.4 Å². The molecule has 1 aliphatic heterocycles. The Morgan fingerprint density at radius 3 is 2.19 bits per heavy atom. The molecular weight excluding hydrogens is 344 g/mol. The zero-order chi connectivity index (χ0) is 19.3. The molecule has 2 aromatic carbocycles. The Kier molecular flexibility index (Phi) is 5.76. The van der Waals surface area contributed by atoms with Gasteiger partial charge < -0.3 is 20.5 Å². The number of primary amides is 1. The zero-order valence-corrected chi connectivity index (χ0v) is 15.4. The first kappa shape index (κ1) is 18.9. The van der Waals surface area contributed by atoms with Crippen LogP contribution in [0.5, 0.6) is 5.75 Å². The monoisotopic (exact) mass is 368 g/mol. The second kappa shape index (κ2) is 8.22. The van der Waals surface area contributed by atoms with Gasteiger partial charge in [0.2, 0.25) is 5.91 Å². The molecule has 6 heteroatoms. The second-order valence-corrected chi connectivity index (χ2v) is 6.75. The molecule has 0 radical (unpaired) electrons. The van der Waals surface area contributed by atoms with E-state index in [-0.39, 0.29) is 11.3 Å². The highest BCUT2D eigenvalue weighted by atomic mass is 16.5. The topological polar surface area (TPSA) is 90.6 Å². The Morgan fingerprint density at radius 2 is 1.63 bits per heavy atom. The SMILES string of the molecule is COc1ccc(C2(CNC(=O)c3ccc(C(N)=O)cc3)CCOCC2)cc1. The van der Waals surface area contributed by atoms with Gasteiger partial charge in [-0.2, -0.15) is 0 Å². The molecule has 1 aliphatic rings. The predicted molar refractivity (Wildman–Crippen MR) is 102 cm³/mol. The smallest absolute Gasteiger partial charge is 0.251 e. The second-order valence-electron chi connectivity index (χ2n) is 6.75. The Balaban J connectivity index is 1.74. The lowest BCUT2D eigenvalue weighted by molar-refractivity contribution is 0.0487. The lowest BCUT2D eigenvalue weighted by Gasteiger charge is -2.38. The van der Waals surface area contributed by atoms with Crippen LogP contribution < -0.4 is 15.8 Å². The summed E-state index contributed by atoms with van der Waals surface area (Å²) < 4.78 is 10.8. The fraction of sp³-hybridized carbons (Fsp3) is 0.333. The molecule has 0 aliphatic carbocycles. The molecular formula is C21H24N2O4. The first-order chi connectivity index (χ1) is 13.0. The van der Waals surface area contributed by atoms with Gasteiger partial charge in [0.25, 0.3) is 5.91 Å². The summed E-state index contributed by atoms with van der Waals surface area (Å²) in [5, 5.41) is 3.04. The molecule has 3 rings (SSSR count). The minimum absolute atomic E-state index is 0.173. The van der Waals surface area contributed by atoms with Crippen molar-refractivity contribution in [1.82, 2.24) is 5.32 Å². The minimum atomic E-state index is -0.511. The van der Waals surface area contributed by atoms with E-state index in [0.717, 1.165) is 24.2 Å². The van der Waals surface area contributed by atoms with Gasteiger partial charge in [-0.15, -0.1) is 0 Å². The third kappa shape index (κ3) is 4.28. The van der Waals surface area contributed by atoms with E-state index in [1.165, 1.54) is 0 Å². The summed E-state index contributed by atoms with van der Waals surface area (Å²) in [7, 11) is 1.64. The number of ether oxygens (including phenoxy) is 2. The third-order valence-corrected chi connectivity index (χ3v) is 5.17. The van der Waals surface area contributed by atoms with Crippen LogP contribution in [0.25, 0.3) is 0 Å². The normalized spacial score (nSPS) is 15.7. The molecule has 0 spiro atoms. The Labute approximate surface area is 158 Å². The van der Waals surface area contributed by atoms with E-state index >= 15 is 0 Å². The van der Waals surface area contributed by atoms with Gasteiger partial charge in [0.15, 0.2) is 0 Å². The summed E-state index contributed by atoms with van der Waals surface area (Å²) in [6, 6.07) is 14.3. The number of methoxy groups -OCH3 is 1. The van der Waals surface area contributed by atoms with Gasteiger partial charge in [0.05, 0.1) is 7.11 Å². The van der Waals surface area contributed by atoms with Crippen LogP contribution >= 0.6 is 0 Å². The minimum Gasteiger partial charge on any atom is -0.497 e. The lowest BCUT2D eigenvalue weighted by Crippen LogP contribution is -2.44. The summed E-state index contributed by atoms with van der Waals surface area (Å²) in [6.45, 7) is 1.84. The lowest BCUT2D eigenvalue weighted by atomic mass is 9.74. The van der Waals surface area contributed by atoms with Crippen molar-refractivity contribution in [3.63, 3.8) is 0 Å². The first-order valence-corrected chi connectivity index (χ1v) is 8.94. The predicted octanol–water partition coefficient (Wildman–Crippen LogP) is 2.27. The summed E-state index contributed by atoms with van der Waals surface area (Å²) in [5.74, 6) is 0.118. The third-order valence-electron chi connectivity index (χ3n) is 5.17. The van der Waals surface area contributed by atoms with Crippen LogP contribution in [-0.4, -0.2) is 38.7 Å². The van der Waals surface area contributed by atoms with Crippen molar-refractivity contribution < 1.29 is 19.1 Å². The van der Waals surface area contributed by atoms with Gasteiger partial charge in [-0.25, -0.2) is 0 Å². The van der Waals surface area contributed by atoms with E-state index in [1.807, 2.05) is 12.1 Å². The molecule has 1 heterocycles. The first-order valence-electron chi connectivity index (χ1n) is 8.94. The highest BCUT2D eigenvalue weighted by molar-refractivity contribution is 5.97. The van der Waals surface area contributed by atoms with E-state index in [9.17, 15) is 9.59 Å². The summed E-state index contributed by atoms with van der Waals surface area (Å²) in [4.78, 5) is 23.7. The van der Waals surface area contributed by atoms with E-state index in [0.29, 0.717) is 30.9 Å². The maximum Gasteiger partial charge on any atom is 0.251 e. The molecule has 27 heavy (non-hydrogen) atoms. The number of nitrogens with two attached hydrogens (primary N) is 1. The number of hydrogen-bond acceptors (Lipinski definition) is 4. The van der Waals surface area contributed by atoms with E-state index in [4.69, 9.17) is 15.2 Å². The number of benzene rings is 2. The van der Waals surface area contributed by atoms with Crippen LogP contribution in [0.1, 0.15) is 39.1 Å². The number of nitrogens with one attached hydrogen (secondary N) is 1. The fourth-order valence-corrected chi connectivity index (χ4v) is 3.41. The molecule has 2 aromatic rings. The average molecular weight is 368 g/mol. The van der Waals surface area contributed by atoms with Crippen LogP contribution in [0.15, 0.2) is 48.5 Å². The van der Waals surface area contributed by atoms with Crippen LogP contribution in [0.4, 0.5) is 0 Å². The van der Waals surface area contributed by atoms with Gasteiger partial charge in [0.1, 0.15) is 5.75 Å². The Hall–Kier alpha value is -2.86. The van der Waals surface area contributed by atoms with Crippen LogP contribution in [0, 0.1) is 0 Å². The maximum absolute atomic E-state index is 12.6. The van der Waals surface area contributed by atoms with Gasteiger partial charge in [-0.3, -0.25) is 9.59 Å². The fourth-order valence-electron chi connectivity index (χ4n) is 3.41. The molecule has 6 nitrogen and oxygen atoms in total. The van der Waals surface area contributed by atoms with Crippen molar-refractivity contribution >= 4 is 11.8 Å². The van der Waals surface area contributed by atoms with Crippen molar-refractivity contribution in [3.05, 3.63) is 65.2 Å². The van der Waals surface area contributed by atoms with Crippen molar-refractivity contribution in [2.24, 2.45) is 5.73 Å². The number of carbonyl (C=O) groups is 2. The van der Waals surface area contributed by atoms with E-state index < -0.39 is 5.91 Å². The average Bonchev–Trinajstić information content (AvgIpc) is 2.73. The quantitative estimate of drug-likeness (QED) is 0.818. The zero-order valence-electron chi connectivity index (χ0n) is 15.4. The van der Waals surface area contributed by atoms with Crippen LogP contribution in [0.2, 0.25) is 0 Å². The molecule has 1 saturated heterocycles. The summed E-state index contributed by atoms with van der Waals surface area (Å²) in [6.07, 6.45) is 1.67. The van der Waals surface area contributed by atoms with Gasteiger partial charge in [0, 0.05) is 36.3 Å². The molecule has 0 bridgehead atoms. The Bertz CT molecular complexity index is 794. The van der Waals surface area contributed by atoms with Crippen LogP contribution in [-0.2, 0) is 10.2 Å². The molecule has 0 atom stereocenters. The molecule has 2 amide bonds. The maximum atomic E-state index is 12.6. The van der Waals surface area contributed by atoms with Crippen molar-refractivity contribution in [2.45, 2.75) is 18.3 Å². The molecule has 1 fully saturated rings. The number of rotatable bonds is 6. The largest absolute Gasteiger partial charge is 0.497 e. The van der Waals surface area contributed by atoms with Crippen molar-refractivity contribution in [2.75, 3.05) is 26.9 Å². The van der Waals surface area contributed by atoms with Gasteiger partial charge >= 0.3 is 0 Å². The van der Waals surface area contributed by atoms with Crippen molar-refractivity contribution in [1.29, 1.82) is 0 Å². The van der Waals surface area contributed by atoms with Crippen LogP contribution in [0.3, 0.4) is 0 Å². The number of carbonyl (C=O) groups excluding carboxylic acids is 2. The highest BCUT2D eigenvalue weighted by Gasteiger charge is 2.35. The molecule has 142 valence electrons. The molecule has 0 aromatic heterocycles. The molecule has 0 saturated carbocycles. The van der Waals surface area contributed by atoms with E-state index in [2.05, 4.69) is 17.4 Å².